The maximum atomic E-state index is 12.3. The molecule has 112 valence electrons. The molecule has 0 aliphatic carbocycles. The van der Waals surface area contributed by atoms with Crippen molar-refractivity contribution < 1.29 is 5.11 Å². The van der Waals surface area contributed by atoms with E-state index in [4.69, 9.17) is 0 Å². The van der Waals surface area contributed by atoms with Crippen LogP contribution >= 0.6 is 0 Å². The lowest BCUT2D eigenvalue weighted by Gasteiger charge is -2.34. The molecule has 2 aromatic heterocycles. The third-order valence-corrected chi connectivity index (χ3v) is 4.05. The summed E-state index contributed by atoms with van der Waals surface area (Å²) in [6, 6.07) is 0.211. The van der Waals surface area contributed by atoms with Gasteiger partial charge in [0.15, 0.2) is 11.2 Å². The first kappa shape index (κ1) is 14.1. The van der Waals surface area contributed by atoms with Crippen molar-refractivity contribution in [2.45, 2.75) is 31.8 Å². The maximum Gasteiger partial charge on any atom is 0.281 e. The van der Waals surface area contributed by atoms with E-state index in [-0.39, 0.29) is 18.2 Å². The number of rotatable bonds is 4. The topological polar surface area (TPSA) is 84.1 Å². The van der Waals surface area contributed by atoms with Crippen molar-refractivity contribution in [1.82, 2.24) is 24.4 Å². The number of fused-ring (bicyclic) bond motifs is 1. The van der Waals surface area contributed by atoms with Crippen LogP contribution in [0.4, 0.5) is 0 Å². The van der Waals surface area contributed by atoms with Gasteiger partial charge < -0.3 is 5.11 Å². The van der Waals surface area contributed by atoms with Crippen LogP contribution in [0.15, 0.2) is 23.5 Å². The Morgan fingerprint density at radius 1 is 1.19 bits per heavy atom. The highest BCUT2D eigenvalue weighted by Crippen LogP contribution is 2.16. The van der Waals surface area contributed by atoms with E-state index in [0.29, 0.717) is 17.7 Å². The largest absolute Gasteiger partial charge is 0.395 e. The highest BCUT2D eigenvalue weighted by Gasteiger charge is 2.21. The molecule has 0 radical (unpaired) electrons. The summed E-state index contributed by atoms with van der Waals surface area (Å²) in [5.74, 6) is 0. The molecule has 1 fully saturated rings. The Morgan fingerprint density at radius 2 is 2.05 bits per heavy atom. The van der Waals surface area contributed by atoms with E-state index < -0.39 is 0 Å². The molecule has 1 N–H and O–H groups in total. The van der Waals surface area contributed by atoms with E-state index in [2.05, 4.69) is 19.9 Å². The summed E-state index contributed by atoms with van der Waals surface area (Å²) in [4.78, 5) is 26.8. The number of aliphatic hydroxyl groups is 1. The van der Waals surface area contributed by atoms with Crippen molar-refractivity contribution in [3.63, 3.8) is 0 Å². The first-order chi connectivity index (χ1) is 10.3. The van der Waals surface area contributed by atoms with Crippen LogP contribution in [0.2, 0.25) is 0 Å². The van der Waals surface area contributed by atoms with E-state index >= 15 is 0 Å². The standard InChI is InChI=1S/C14H19N5O2/c20-9-11-3-1-2-6-18(11)7-8-19-10-17-13-12(14(19)21)15-4-5-16-13/h4-5,10-11,20H,1-3,6-9H2/t11-/m0/s1. The van der Waals surface area contributed by atoms with Gasteiger partial charge in [0.25, 0.3) is 5.56 Å². The fourth-order valence-electron chi connectivity index (χ4n) is 2.85. The van der Waals surface area contributed by atoms with Crippen molar-refractivity contribution in [1.29, 1.82) is 0 Å². The molecule has 3 rings (SSSR count). The molecule has 2 aromatic rings. The Hall–Kier alpha value is -1.86. The second-order valence-electron chi connectivity index (χ2n) is 5.34. The summed E-state index contributed by atoms with van der Waals surface area (Å²) >= 11 is 0. The third kappa shape index (κ3) is 2.93. The van der Waals surface area contributed by atoms with Gasteiger partial charge >= 0.3 is 0 Å². The molecule has 1 atom stereocenters. The monoisotopic (exact) mass is 289 g/mol. The Balaban J connectivity index is 1.76. The predicted molar refractivity (Wildman–Crippen MR) is 77.9 cm³/mol. The Kier molecular flexibility index (Phi) is 4.21. The van der Waals surface area contributed by atoms with Crippen molar-refractivity contribution in [3.8, 4) is 0 Å². The number of hydrogen-bond acceptors (Lipinski definition) is 6. The van der Waals surface area contributed by atoms with Gasteiger partial charge in [0, 0.05) is 31.5 Å². The molecular formula is C14H19N5O2. The van der Waals surface area contributed by atoms with Gasteiger partial charge in [-0.1, -0.05) is 6.42 Å². The molecule has 21 heavy (non-hydrogen) atoms. The van der Waals surface area contributed by atoms with E-state index in [1.165, 1.54) is 18.7 Å². The smallest absolute Gasteiger partial charge is 0.281 e. The second-order valence-corrected chi connectivity index (χ2v) is 5.34. The van der Waals surface area contributed by atoms with Crippen molar-refractivity contribution in [2.24, 2.45) is 0 Å². The van der Waals surface area contributed by atoms with Gasteiger partial charge in [0.2, 0.25) is 0 Å². The van der Waals surface area contributed by atoms with E-state index in [1.807, 2.05) is 0 Å². The molecule has 0 amide bonds. The van der Waals surface area contributed by atoms with Gasteiger partial charge in [-0.25, -0.2) is 15.0 Å². The first-order valence-electron chi connectivity index (χ1n) is 7.30. The summed E-state index contributed by atoms with van der Waals surface area (Å²) in [6.45, 7) is 2.44. The molecule has 0 bridgehead atoms. The van der Waals surface area contributed by atoms with E-state index in [0.717, 1.165) is 32.4 Å². The molecule has 7 heteroatoms. The maximum absolute atomic E-state index is 12.3. The molecule has 1 aliphatic heterocycles. The number of aromatic nitrogens is 4. The van der Waals surface area contributed by atoms with Crippen LogP contribution in [0.25, 0.3) is 11.2 Å². The van der Waals surface area contributed by atoms with Crippen molar-refractivity contribution in [3.05, 3.63) is 29.1 Å². The lowest BCUT2D eigenvalue weighted by molar-refractivity contribution is 0.0868. The van der Waals surface area contributed by atoms with Crippen LogP contribution in [0.3, 0.4) is 0 Å². The molecule has 0 spiro atoms. The van der Waals surface area contributed by atoms with Crippen molar-refractivity contribution in [2.75, 3.05) is 19.7 Å². The number of hydrogen-bond donors (Lipinski definition) is 1. The van der Waals surface area contributed by atoms with Crippen LogP contribution in [0.1, 0.15) is 19.3 Å². The summed E-state index contributed by atoms with van der Waals surface area (Å²) in [7, 11) is 0. The Bertz CT molecular complexity index is 672. The van der Waals surface area contributed by atoms with Crippen LogP contribution in [0, 0.1) is 0 Å². The predicted octanol–water partition coefficient (Wildman–Crippen LogP) is 0.0333. The summed E-state index contributed by atoms with van der Waals surface area (Å²) in [6.07, 6.45) is 7.88. The average Bonchev–Trinajstić information content (AvgIpc) is 2.55. The quantitative estimate of drug-likeness (QED) is 0.855. The molecule has 1 saturated heterocycles. The highest BCUT2D eigenvalue weighted by molar-refractivity contribution is 5.66. The normalized spacial score (nSPS) is 20.0. The fourth-order valence-corrected chi connectivity index (χ4v) is 2.85. The number of aliphatic hydroxyl groups excluding tert-OH is 1. The zero-order chi connectivity index (χ0) is 14.7. The minimum atomic E-state index is -0.161. The number of nitrogens with zero attached hydrogens (tertiary/aromatic N) is 5. The molecule has 3 heterocycles. The average molecular weight is 289 g/mol. The molecule has 0 aromatic carbocycles. The summed E-state index contributed by atoms with van der Waals surface area (Å²) in [5, 5.41) is 9.41. The van der Waals surface area contributed by atoms with Crippen LogP contribution in [-0.2, 0) is 6.54 Å². The minimum absolute atomic E-state index is 0.161. The zero-order valence-corrected chi connectivity index (χ0v) is 11.9. The molecule has 0 unspecified atom stereocenters. The van der Waals surface area contributed by atoms with Gasteiger partial charge in [0.1, 0.15) is 6.33 Å². The highest BCUT2D eigenvalue weighted by atomic mass is 16.3. The second kappa shape index (κ2) is 6.28. The number of likely N-dealkylation sites (tertiary alicyclic amines) is 1. The first-order valence-corrected chi connectivity index (χ1v) is 7.30. The molecule has 0 saturated carbocycles. The molecular weight excluding hydrogens is 270 g/mol. The van der Waals surface area contributed by atoms with E-state index in [9.17, 15) is 9.90 Å². The summed E-state index contributed by atoms with van der Waals surface area (Å²) < 4.78 is 1.57. The SMILES string of the molecule is O=c1c2nccnc2ncn1CCN1CCCC[C@H]1CO. The molecule has 1 aliphatic rings. The lowest BCUT2D eigenvalue weighted by Crippen LogP contribution is -2.44. The lowest BCUT2D eigenvalue weighted by atomic mass is 10.0. The fraction of sp³-hybridized carbons (Fsp3) is 0.571. The van der Waals surface area contributed by atoms with Crippen molar-refractivity contribution >= 4 is 11.2 Å². The van der Waals surface area contributed by atoms with Gasteiger partial charge in [-0.2, -0.15) is 0 Å². The molecule has 7 nitrogen and oxygen atoms in total. The summed E-state index contributed by atoms with van der Waals surface area (Å²) in [5.41, 5.74) is 0.521. The van der Waals surface area contributed by atoms with Gasteiger partial charge in [-0.15, -0.1) is 0 Å². The van der Waals surface area contributed by atoms with Crippen LogP contribution in [-0.4, -0.2) is 55.3 Å². The van der Waals surface area contributed by atoms with Crippen LogP contribution in [0.5, 0.6) is 0 Å². The van der Waals surface area contributed by atoms with E-state index in [1.54, 1.807) is 4.57 Å². The van der Waals surface area contributed by atoms with Gasteiger partial charge in [0.05, 0.1) is 6.61 Å². The van der Waals surface area contributed by atoms with Gasteiger partial charge in [-0.3, -0.25) is 14.3 Å². The third-order valence-electron chi connectivity index (χ3n) is 4.05. The van der Waals surface area contributed by atoms with Crippen LogP contribution < -0.4 is 5.56 Å². The number of piperidine rings is 1. The minimum Gasteiger partial charge on any atom is -0.395 e. The Morgan fingerprint density at radius 3 is 2.90 bits per heavy atom. The Labute approximate surface area is 122 Å². The zero-order valence-electron chi connectivity index (χ0n) is 11.9. The van der Waals surface area contributed by atoms with Gasteiger partial charge in [-0.05, 0) is 19.4 Å².